The van der Waals surface area contributed by atoms with Gasteiger partial charge >= 0.3 is 11.9 Å². The lowest BCUT2D eigenvalue weighted by Crippen LogP contribution is -2.07. The van der Waals surface area contributed by atoms with E-state index in [-0.39, 0.29) is 11.4 Å². The molecule has 0 aliphatic carbocycles. The number of hydrogen-bond acceptors (Lipinski definition) is 3. The first-order valence-corrected chi connectivity index (χ1v) is 3.65. The van der Waals surface area contributed by atoms with Crippen LogP contribution in [0.5, 0.6) is 0 Å². The van der Waals surface area contributed by atoms with Crippen molar-refractivity contribution in [2.75, 3.05) is 0 Å². The van der Waals surface area contributed by atoms with Gasteiger partial charge in [-0.25, -0.2) is 14.6 Å². The Morgan fingerprint density at radius 3 is 1.93 bits per heavy atom. The molecule has 0 radical (unpaired) electrons. The quantitative estimate of drug-likeness (QED) is 0.750. The third kappa shape index (κ3) is 1.95. The molecule has 0 bridgehead atoms. The first kappa shape index (κ1) is 9.91. The first-order chi connectivity index (χ1) is 6.54. The number of aromatic carboxylic acids is 2. The summed E-state index contributed by atoms with van der Waals surface area (Å²) < 4.78 is 0. The fraction of sp³-hybridized carbons (Fsp3) is 0. The van der Waals surface area contributed by atoms with E-state index in [0.29, 0.717) is 5.56 Å². The molecule has 1 rings (SSSR count). The van der Waals surface area contributed by atoms with Crippen LogP contribution in [0.1, 0.15) is 26.5 Å². The van der Waals surface area contributed by atoms with Crippen molar-refractivity contribution in [2.45, 2.75) is 0 Å². The van der Waals surface area contributed by atoms with Crippen LogP contribution in [0, 0.1) is 0 Å². The number of carboxylic acids is 2. The van der Waals surface area contributed by atoms with Gasteiger partial charge in [0.15, 0.2) is 0 Å². The highest BCUT2D eigenvalue weighted by molar-refractivity contribution is 5.90. The molecule has 0 aliphatic heterocycles. The molecule has 0 unspecified atom stereocenters. The van der Waals surface area contributed by atoms with Gasteiger partial charge in [-0.15, -0.1) is 0 Å². The summed E-state index contributed by atoms with van der Waals surface area (Å²) in [5.74, 6) is -2.53. The average molecular weight is 193 g/mol. The molecule has 1 aromatic rings. The third-order valence-electron chi connectivity index (χ3n) is 1.52. The van der Waals surface area contributed by atoms with Crippen LogP contribution in [0.25, 0.3) is 6.08 Å². The second-order valence-electron chi connectivity index (χ2n) is 2.49. The maximum Gasteiger partial charge on any atom is 0.354 e. The zero-order valence-corrected chi connectivity index (χ0v) is 7.10. The number of nitrogens with zero attached hydrogens (tertiary/aromatic N) is 1. The Bertz CT molecular complexity index is 379. The van der Waals surface area contributed by atoms with Gasteiger partial charge in [0, 0.05) is 0 Å². The lowest BCUT2D eigenvalue weighted by Gasteiger charge is -1.99. The Kier molecular flexibility index (Phi) is 2.62. The predicted octanol–water partition coefficient (Wildman–Crippen LogP) is 1.12. The van der Waals surface area contributed by atoms with E-state index in [9.17, 15) is 9.59 Å². The van der Waals surface area contributed by atoms with Crippen LogP contribution in [-0.4, -0.2) is 27.1 Å². The van der Waals surface area contributed by atoms with E-state index >= 15 is 0 Å². The summed E-state index contributed by atoms with van der Waals surface area (Å²) in [6, 6.07) is 2.50. The molecule has 0 amide bonds. The van der Waals surface area contributed by atoms with Crippen molar-refractivity contribution in [3.8, 4) is 0 Å². The zero-order valence-electron chi connectivity index (χ0n) is 7.10. The maximum atomic E-state index is 10.6. The minimum Gasteiger partial charge on any atom is -0.477 e. The smallest absolute Gasteiger partial charge is 0.354 e. The zero-order chi connectivity index (χ0) is 10.7. The van der Waals surface area contributed by atoms with E-state index in [4.69, 9.17) is 10.2 Å². The summed E-state index contributed by atoms with van der Waals surface area (Å²) >= 11 is 0. The van der Waals surface area contributed by atoms with Crippen molar-refractivity contribution < 1.29 is 19.8 Å². The summed E-state index contributed by atoms with van der Waals surface area (Å²) in [6.45, 7) is 3.42. The predicted molar refractivity (Wildman–Crippen MR) is 48.2 cm³/mol. The molecule has 0 aromatic carbocycles. The molecule has 72 valence electrons. The molecule has 1 aromatic heterocycles. The van der Waals surface area contributed by atoms with Crippen LogP contribution in [0.4, 0.5) is 0 Å². The number of rotatable bonds is 3. The number of hydrogen-bond donors (Lipinski definition) is 2. The van der Waals surface area contributed by atoms with Crippen LogP contribution >= 0.6 is 0 Å². The highest BCUT2D eigenvalue weighted by Gasteiger charge is 2.11. The maximum absolute atomic E-state index is 10.6. The molecule has 0 atom stereocenters. The Morgan fingerprint density at radius 2 is 1.64 bits per heavy atom. The largest absolute Gasteiger partial charge is 0.477 e. The van der Waals surface area contributed by atoms with Crippen LogP contribution in [0.2, 0.25) is 0 Å². The fourth-order valence-electron chi connectivity index (χ4n) is 0.889. The standard InChI is InChI=1S/C9H7NO4/c1-2-5-3-6(8(11)12)10-7(4-5)9(13)14/h2-4H,1H2,(H,11,12)(H,13,14). The molecule has 5 heteroatoms. The molecular formula is C9H7NO4. The third-order valence-corrected chi connectivity index (χ3v) is 1.52. The van der Waals surface area contributed by atoms with Crippen molar-refractivity contribution in [1.29, 1.82) is 0 Å². The van der Waals surface area contributed by atoms with E-state index in [1.807, 2.05) is 0 Å². The van der Waals surface area contributed by atoms with Crippen LogP contribution in [0.3, 0.4) is 0 Å². The molecule has 0 aliphatic rings. The average Bonchev–Trinajstić information content (AvgIpc) is 2.16. The molecule has 2 N–H and O–H groups in total. The molecule has 1 heterocycles. The first-order valence-electron chi connectivity index (χ1n) is 3.65. The van der Waals surface area contributed by atoms with Gasteiger partial charge < -0.3 is 10.2 Å². The highest BCUT2D eigenvalue weighted by atomic mass is 16.4. The lowest BCUT2D eigenvalue weighted by atomic mass is 10.2. The lowest BCUT2D eigenvalue weighted by molar-refractivity contribution is 0.0685. The number of carboxylic acid groups (broad SMARTS) is 2. The molecule has 0 saturated heterocycles. The van der Waals surface area contributed by atoms with Crippen LogP contribution in [0.15, 0.2) is 18.7 Å². The van der Waals surface area contributed by atoms with Gasteiger partial charge in [0.05, 0.1) is 0 Å². The Balaban J connectivity index is 3.34. The van der Waals surface area contributed by atoms with E-state index in [0.717, 1.165) is 0 Å². The Hall–Kier alpha value is -2.17. The summed E-state index contributed by atoms with van der Waals surface area (Å²) in [4.78, 5) is 24.5. The van der Waals surface area contributed by atoms with Gasteiger partial charge in [-0.05, 0) is 17.7 Å². The van der Waals surface area contributed by atoms with Gasteiger partial charge in [-0.3, -0.25) is 0 Å². The van der Waals surface area contributed by atoms with E-state index < -0.39 is 11.9 Å². The summed E-state index contributed by atoms with van der Waals surface area (Å²) in [5, 5.41) is 17.2. The fourth-order valence-corrected chi connectivity index (χ4v) is 0.889. The van der Waals surface area contributed by atoms with Gasteiger partial charge in [-0.2, -0.15) is 0 Å². The van der Waals surface area contributed by atoms with Gasteiger partial charge in [0.25, 0.3) is 0 Å². The van der Waals surface area contributed by atoms with Crippen molar-refractivity contribution in [3.05, 3.63) is 35.7 Å². The summed E-state index contributed by atoms with van der Waals surface area (Å²) in [7, 11) is 0. The molecule has 0 fully saturated rings. The van der Waals surface area contributed by atoms with Gasteiger partial charge in [0.1, 0.15) is 11.4 Å². The minimum absolute atomic E-state index is 0.306. The van der Waals surface area contributed by atoms with Crippen LogP contribution < -0.4 is 0 Å². The molecule has 0 spiro atoms. The van der Waals surface area contributed by atoms with E-state index in [1.54, 1.807) is 0 Å². The normalized spacial score (nSPS) is 9.43. The Morgan fingerprint density at radius 1 is 1.21 bits per heavy atom. The number of aromatic nitrogens is 1. The highest BCUT2D eigenvalue weighted by Crippen LogP contribution is 2.07. The van der Waals surface area contributed by atoms with E-state index in [2.05, 4.69) is 11.6 Å². The second kappa shape index (κ2) is 3.69. The number of carbonyl (C=O) groups is 2. The topological polar surface area (TPSA) is 87.5 Å². The molecule has 5 nitrogen and oxygen atoms in total. The van der Waals surface area contributed by atoms with Crippen molar-refractivity contribution in [2.24, 2.45) is 0 Å². The van der Waals surface area contributed by atoms with Gasteiger partial charge in [-0.1, -0.05) is 12.7 Å². The SMILES string of the molecule is C=Cc1cc(C(=O)O)nc(C(=O)O)c1. The van der Waals surface area contributed by atoms with Crippen molar-refractivity contribution in [1.82, 2.24) is 4.98 Å². The van der Waals surface area contributed by atoms with Crippen molar-refractivity contribution in [3.63, 3.8) is 0 Å². The Labute approximate surface area is 79.3 Å². The molecular weight excluding hydrogens is 186 g/mol. The van der Waals surface area contributed by atoms with Crippen LogP contribution in [-0.2, 0) is 0 Å². The summed E-state index contributed by atoms with van der Waals surface area (Å²) in [6.07, 6.45) is 1.36. The second-order valence-corrected chi connectivity index (χ2v) is 2.49. The molecule has 14 heavy (non-hydrogen) atoms. The monoisotopic (exact) mass is 193 g/mol. The van der Waals surface area contributed by atoms with E-state index in [1.165, 1.54) is 18.2 Å². The minimum atomic E-state index is -1.27. The molecule has 0 saturated carbocycles. The number of pyridine rings is 1. The summed E-state index contributed by atoms with van der Waals surface area (Å²) in [5.41, 5.74) is -0.200. The van der Waals surface area contributed by atoms with Gasteiger partial charge in [0.2, 0.25) is 0 Å². The van der Waals surface area contributed by atoms with Crippen molar-refractivity contribution >= 4 is 18.0 Å².